The maximum Gasteiger partial charge on any atom is 0.341 e. The SMILES string of the molecule is CC1=CC[C@@H]2C(=O)C(=[N+]=[N-])[C@@H]3[C@@H](OS(C)(=O)=O)[C@H](C(C)C)CC(=O)[C@]3(C)[C@H]2CC1. The Morgan fingerprint density at radius 3 is 2.52 bits per heavy atom. The molecule has 160 valence electrons. The van der Waals surface area contributed by atoms with Gasteiger partial charge in [0.1, 0.15) is 11.7 Å². The first-order valence-electron chi connectivity index (χ1n) is 10.2. The molecule has 0 unspecified atom stereocenters. The van der Waals surface area contributed by atoms with Gasteiger partial charge in [0.2, 0.25) is 5.78 Å². The second-order valence-corrected chi connectivity index (χ2v) is 11.0. The first-order chi connectivity index (χ1) is 13.4. The number of nitrogens with zero attached hydrogens (tertiary/aromatic N) is 2. The number of rotatable bonds is 3. The lowest BCUT2D eigenvalue weighted by atomic mass is 9.47. The van der Waals surface area contributed by atoms with Gasteiger partial charge in [-0.05, 0) is 43.9 Å². The molecule has 0 aliphatic heterocycles. The summed E-state index contributed by atoms with van der Waals surface area (Å²) in [6.07, 6.45) is 4.20. The van der Waals surface area contributed by atoms with Gasteiger partial charge in [-0.2, -0.15) is 13.2 Å². The molecule has 0 aromatic heterocycles. The molecular formula is C21H30N2O5S. The fraction of sp³-hybridized carbons (Fsp3) is 0.762. The summed E-state index contributed by atoms with van der Waals surface area (Å²) in [6, 6.07) is 0. The number of carbonyl (C=O) groups excluding carboxylic acids is 2. The van der Waals surface area contributed by atoms with Crippen LogP contribution >= 0.6 is 0 Å². The molecule has 0 saturated heterocycles. The van der Waals surface area contributed by atoms with Gasteiger partial charge in [0.05, 0.1) is 12.4 Å². The second kappa shape index (κ2) is 7.56. The highest BCUT2D eigenvalue weighted by Gasteiger charge is 2.68. The quantitative estimate of drug-likeness (QED) is 0.300. The van der Waals surface area contributed by atoms with Crippen LogP contribution in [0, 0.1) is 35.0 Å². The van der Waals surface area contributed by atoms with Crippen molar-refractivity contribution in [1.29, 1.82) is 0 Å². The second-order valence-electron chi connectivity index (χ2n) is 9.45. The van der Waals surface area contributed by atoms with Crippen LogP contribution < -0.4 is 0 Å². The summed E-state index contributed by atoms with van der Waals surface area (Å²) in [6.45, 7) is 7.63. The van der Waals surface area contributed by atoms with Gasteiger partial charge < -0.3 is 5.53 Å². The van der Waals surface area contributed by atoms with Crippen LogP contribution in [0.4, 0.5) is 0 Å². The number of Topliss-reactive ketones (excluding diaryl/α,β-unsaturated/α-hetero) is 2. The molecule has 6 atom stereocenters. The Morgan fingerprint density at radius 2 is 1.97 bits per heavy atom. The van der Waals surface area contributed by atoms with Crippen LogP contribution in [0.25, 0.3) is 5.53 Å². The summed E-state index contributed by atoms with van der Waals surface area (Å²) in [5.41, 5.74) is 9.83. The molecule has 7 nitrogen and oxygen atoms in total. The van der Waals surface area contributed by atoms with E-state index in [-0.39, 0.29) is 41.5 Å². The molecule has 29 heavy (non-hydrogen) atoms. The maximum absolute atomic E-state index is 13.5. The van der Waals surface area contributed by atoms with E-state index in [0.29, 0.717) is 12.8 Å². The monoisotopic (exact) mass is 422 g/mol. The van der Waals surface area contributed by atoms with E-state index in [4.69, 9.17) is 4.18 Å². The van der Waals surface area contributed by atoms with Crippen molar-refractivity contribution >= 4 is 27.4 Å². The lowest BCUT2D eigenvalue weighted by Crippen LogP contribution is -2.65. The Bertz CT molecular complexity index is 915. The molecule has 0 N–H and O–H groups in total. The molecule has 3 aliphatic rings. The van der Waals surface area contributed by atoms with Gasteiger partial charge in [-0.15, -0.1) is 0 Å². The van der Waals surface area contributed by atoms with Crippen molar-refractivity contribution in [3.63, 3.8) is 0 Å². The van der Waals surface area contributed by atoms with Crippen molar-refractivity contribution in [2.24, 2.45) is 35.0 Å². The standard InChI is InChI=1S/C21H30N2O5S/c1-11(2)14-10-16(24)21(4)15-9-7-12(3)6-8-13(15)19(25)18(23-22)17(21)20(14)28-29(5,26)27/h6,11,13-15,17,20H,7-10H2,1-5H3/t13-,14-,15-,17+,20-,21-/m0/s1. The number of carbonyl (C=O) groups is 2. The first-order valence-corrected chi connectivity index (χ1v) is 12.1. The maximum atomic E-state index is 13.5. The summed E-state index contributed by atoms with van der Waals surface area (Å²) >= 11 is 0. The van der Waals surface area contributed by atoms with E-state index in [0.717, 1.165) is 12.7 Å². The van der Waals surface area contributed by atoms with Crippen LogP contribution in [0.2, 0.25) is 0 Å². The minimum atomic E-state index is -3.85. The number of allylic oxidation sites excluding steroid dienone is 2. The molecule has 0 bridgehead atoms. The predicted octanol–water partition coefficient (Wildman–Crippen LogP) is 2.81. The van der Waals surface area contributed by atoms with Crippen LogP contribution in [-0.2, 0) is 23.9 Å². The van der Waals surface area contributed by atoms with Gasteiger partial charge in [0.25, 0.3) is 10.1 Å². The minimum absolute atomic E-state index is 0.00208. The van der Waals surface area contributed by atoms with Gasteiger partial charge in [-0.1, -0.05) is 32.4 Å². The fourth-order valence-corrected chi connectivity index (χ4v) is 6.43. The third kappa shape index (κ3) is 3.66. The van der Waals surface area contributed by atoms with Crippen LogP contribution in [-0.4, -0.2) is 42.8 Å². The zero-order valence-electron chi connectivity index (χ0n) is 17.7. The third-order valence-electron chi connectivity index (χ3n) is 7.38. The van der Waals surface area contributed by atoms with E-state index < -0.39 is 33.5 Å². The van der Waals surface area contributed by atoms with E-state index in [9.17, 15) is 23.5 Å². The summed E-state index contributed by atoms with van der Waals surface area (Å²) in [5, 5.41) is 0. The zero-order chi connectivity index (χ0) is 21.7. The lowest BCUT2D eigenvalue weighted by molar-refractivity contribution is -0.161. The average molecular weight is 423 g/mol. The van der Waals surface area contributed by atoms with Gasteiger partial charge >= 0.3 is 5.71 Å². The zero-order valence-corrected chi connectivity index (χ0v) is 18.5. The molecule has 0 aromatic carbocycles. The van der Waals surface area contributed by atoms with Gasteiger partial charge in [0, 0.05) is 17.8 Å². The lowest BCUT2D eigenvalue weighted by Gasteiger charge is -2.53. The fourth-order valence-electron chi connectivity index (χ4n) is 5.77. The number of hydrogen-bond acceptors (Lipinski definition) is 5. The third-order valence-corrected chi connectivity index (χ3v) is 7.95. The molecule has 3 aliphatic carbocycles. The van der Waals surface area contributed by atoms with Crippen molar-refractivity contribution in [2.75, 3.05) is 6.26 Å². The summed E-state index contributed by atoms with van der Waals surface area (Å²) in [4.78, 5) is 30.2. The molecule has 3 rings (SSSR count). The molecule has 0 aromatic rings. The highest BCUT2D eigenvalue weighted by molar-refractivity contribution is 7.86. The normalized spacial score (nSPS) is 38.1. The Morgan fingerprint density at radius 1 is 1.31 bits per heavy atom. The Balaban J connectivity index is 2.21. The molecule has 0 radical (unpaired) electrons. The van der Waals surface area contributed by atoms with Gasteiger partial charge in [0.15, 0.2) is 0 Å². The predicted molar refractivity (Wildman–Crippen MR) is 107 cm³/mol. The van der Waals surface area contributed by atoms with E-state index in [2.05, 4.69) is 4.79 Å². The van der Waals surface area contributed by atoms with Crippen molar-refractivity contribution in [2.45, 2.75) is 59.5 Å². The molecule has 2 fully saturated rings. The number of fused-ring (bicyclic) bond motifs is 3. The highest BCUT2D eigenvalue weighted by atomic mass is 32.2. The minimum Gasteiger partial charge on any atom is -0.361 e. The van der Waals surface area contributed by atoms with E-state index in [1.165, 1.54) is 5.57 Å². The van der Waals surface area contributed by atoms with Crippen molar-refractivity contribution in [1.82, 2.24) is 0 Å². The van der Waals surface area contributed by atoms with Crippen LogP contribution in [0.15, 0.2) is 11.6 Å². The highest BCUT2D eigenvalue weighted by Crippen LogP contribution is 2.57. The van der Waals surface area contributed by atoms with Crippen LogP contribution in [0.3, 0.4) is 0 Å². The Labute approximate surface area is 172 Å². The molecule has 0 amide bonds. The van der Waals surface area contributed by atoms with E-state index >= 15 is 0 Å². The largest absolute Gasteiger partial charge is 0.361 e. The summed E-state index contributed by atoms with van der Waals surface area (Å²) < 4.78 is 29.7. The van der Waals surface area contributed by atoms with Gasteiger partial charge in [-0.25, -0.2) is 0 Å². The first kappa shape index (κ1) is 22.1. The molecule has 0 heterocycles. The summed E-state index contributed by atoms with van der Waals surface area (Å²) in [7, 11) is -3.85. The molecule has 2 saturated carbocycles. The molecule has 8 heteroatoms. The number of ketones is 2. The van der Waals surface area contributed by atoms with Crippen molar-refractivity contribution < 1.29 is 27.0 Å². The topological polar surface area (TPSA) is 114 Å². The smallest absolute Gasteiger partial charge is 0.341 e. The Hall–Kier alpha value is -1.63. The summed E-state index contributed by atoms with van der Waals surface area (Å²) in [5.74, 6) is -2.31. The number of hydrogen-bond donors (Lipinski definition) is 0. The van der Waals surface area contributed by atoms with Crippen molar-refractivity contribution in [3.8, 4) is 0 Å². The van der Waals surface area contributed by atoms with E-state index in [1.807, 2.05) is 33.8 Å². The van der Waals surface area contributed by atoms with Crippen molar-refractivity contribution in [3.05, 3.63) is 17.2 Å². The van der Waals surface area contributed by atoms with Gasteiger partial charge in [-0.3, -0.25) is 13.8 Å². The van der Waals surface area contributed by atoms with Crippen LogP contribution in [0.5, 0.6) is 0 Å². The average Bonchev–Trinajstić information content (AvgIpc) is 2.81. The Kier molecular flexibility index (Phi) is 5.75. The van der Waals surface area contributed by atoms with Crippen LogP contribution in [0.1, 0.15) is 53.4 Å². The van der Waals surface area contributed by atoms with E-state index in [1.54, 1.807) is 0 Å². The molecule has 0 spiro atoms. The molecular weight excluding hydrogens is 392 g/mol.